The minimum atomic E-state index is -0.599. The van der Waals surface area contributed by atoms with Crippen molar-refractivity contribution in [1.29, 1.82) is 0 Å². The van der Waals surface area contributed by atoms with Crippen molar-refractivity contribution in [2.45, 2.75) is 0 Å². The minimum absolute atomic E-state index is 0.446. The lowest BCUT2D eigenvalue weighted by molar-refractivity contribution is 0.584. The Morgan fingerprint density at radius 2 is 1.55 bits per heavy atom. The van der Waals surface area contributed by atoms with Crippen LogP contribution in [0.1, 0.15) is 0 Å². The van der Waals surface area contributed by atoms with Crippen molar-refractivity contribution in [1.82, 2.24) is 4.98 Å². The second-order valence-corrected chi connectivity index (χ2v) is 5.98. The van der Waals surface area contributed by atoms with Crippen LogP contribution < -0.4 is 0 Å². The van der Waals surface area contributed by atoms with Crippen LogP contribution in [-0.2, 0) is 0 Å². The van der Waals surface area contributed by atoms with E-state index < -0.39 is 11.6 Å². The van der Waals surface area contributed by atoms with E-state index in [0.717, 1.165) is 21.1 Å². The first-order valence-electron chi connectivity index (χ1n) is 5.80. The third-order valence-corrected chi connectivity index (χ3v) is 4.17. The van der Waals surface area contributed by atoms with E-state index in [1.165, 1.54) is 23.5 Å². The Balaban J connectivity index is 1.99. The molecule has 0 N–H and O–H groups in total. The molecule has 0 saturated heterocycles. The summed E-state index contributed by atoms with van der Waals surface area (Å²) in [6.45, 7) is 0. The summed E-state index contributed by atoms with van der Waals surface area (Å²) in [5, 5.41) is 2.61. The van der Waals surface area contributed by atoms with Crippen LogP contribution >= 0.6 is 27.3 Å². The molecule has 5 heteroatoms. The Morgan fingerprint density at radius 3 is 2.20 bits per heavy atom. The van der Waals surface area contributed by atoms with Gasteiger partial charge in [0.25, 0.3) is 0 Å². The number of benzene rings is 2. The molecule has 1 aromatic heterocycles. The molecule has 0 bridgehead atoms. The van der Waals surface area contributed by atoms with Crippen LogP contribution in [0, 0.1) is 11.6 Å². The summed E-state index contributed by atoms with van der Waals surface area (Å²) in [4.78, 5) is 4.43. The predicted molar refractivity (Wildman–Crippen MR) is 80.6 cm³/mol. The van der Waals surface area contributed by atoms with Gasteiger partial charge in [0, 0.05) is 27.0 Å². The molecule has 0 aliphatic heterocycles. The van der Waals surface area contributed by atoms with Crippen LogP contribution in [-0.4, -0.2) is 4.98 Å². The van der Waals surface area contributed by atoms with Gasteiger partial charge in [-0.05, 0) is 24.3 Å². The molecule has 0 radical (unpaired) electrons. The van der Waals surface area contributed by atoms with Crippen molar-refractivity contribution in [2.24, 2.45) is 0 Å². The Labute approximate surface area is 127 Å². The maximum absolute atomic E-state index is 13.2. The smallest absolute Gasteiger partial charge is 0.126 e. The summed E-state index contributed by atoms with van der Waals surface area (Å²) < 4.78 is 27.4. The third-order valence-electron chi connectivity index (χ3n) is 2.75. The number of rotatable bonds is 2. The summed E-state index contributed by atoms with van der Waals surface area (Å²) in [6, 6.07) is 11.2. The Hall–Kier alpha value is -1.59. The van der Waals surface area contributed by atoms with Gasteiger partial charge in [-0.2, -0.15) is 0 Å². The van der Waals surface area contributed by atoms with Crippen LogP contribution in [0.5, 0.6) is 0 Å². The highest BCUT2D eigenvalue weighted by molar-refractivity contribution is 9.10. The van der Waals surface area contributed by atoms with Gasteiger partial charge in [-0.1, -0.05) is 28.1 Å². The SMILES string of the molecule is Fc1cc(F)cc(-c2csc(-c3ccc(Br)cc3)n2)c1. The summed E-state index contributed by atoms with van der Waals surface area (Å²) in [5.74, 6) is -1.20. The van der Waals surface area contributed by atoms with Crippen molar-refractivity contribution in [3.63, 3.8) is 0 Å². The van der Waals surface area contributed by atoms with Gasteiger partial charge in [0.2, 0.25) is 0 Å². The highest BCUT2D eigenvalue weighted by Gasteiger charge is 2.09. The van der Waals surface area contributed by atoms with Gasteiger partial charge >= 0.3 is 0 Å². The number of thiazole rings is 1. The standard InChI is InChI=1S/C15H8BrF2NS/c16-11-3-1-9(2-4-11)15-19-14(8-20-15)10-5-12(17)7-13(18)6-10/h1-8H. The lowest BCUT2D eigenvalue weighted by atomic mass is 10.1. The molecule has 0 atom stereocenters. The zero-order valence-electron chi connectivity index (χ0n) is 10.1. The van der Waals surface area contributed by atoms with E-state index in [2.05, 4.69) is 20.9 Å². The number of halogens is 3. The fourth-order valence-electron chi connectivity index (χ4n) is 1.83. The van der Waals surface area contributed by atoms with Gasteiger partial charge in [0.1, 0.15) is 16.6 Å². The second kappa shape index (κ2) is 5.42. The number of aromatic nitrogens is 1. The molecule has 1 heterocycles. The van der Waals surface area contributed by atoms with Crippen LogP contribution in [0.3, 0.4) is 0 Å². The molecule has 0 aliphatic carbocycles. The maximum atomic E-state index is 13.2. The quantitative estimate of drug-likeness (QED) is 0.592. The van der Waals surface area contributed by atoms with Gasteiger partial charge in [0.15, 0.2) is 0 Å². The molecule has 20 heavy (non-hydrogen) atoms. The summed E-state index contributed by atoms with van der Waals surface area (Å²) >= 11 is 4.82. The third kappa shape index (κ3) is 2.78. The van der Waals surface area contributed by atoms with E-state index in [4.69, 9.17) is 0 Å². The van der Waals surface area contributed by atoms with Crippen molar-refractivity contribution < 1.29 is 8.78 Å². The first kappa shape index (κ1) is 13.4. The highest BCUT2D eigenvalue weighted by Crippen LogP contribution is 2.30. The number of hydrogen-bond donors (Lipinski definition) is 0. The van der Waals surface area contributed by atoms with Crippen LogP contribution in [0.25, 0.3) is 21.8 Å². The normalized spacial score (nSPS) is 10.8. The molecule has 0 saturated carbocycles. The zero-order valence-corrected chi connectivity index (χ0v) is 12.5. The predicted octanol–water partition coefficient (Wildman–Crippen LogP) is 5.52. The molecule has 0 spiro atoms. The average molecular weight is 352 g/mol. The zero-order chi connectivity index (χ0) is 14.1. The molecule has 3 rings (SSSR count). The molecule has 2 aromatic carbocycles. The largest absolute Gasteiger partial charge is 0.236 e. The molecule has 3 aromatic rings. The first-order chi connectivity index (χ1) is 9.61. The van der Waals surface area contributed by atoms with Crippen molar-refractivity contribution in [3.8, 4) is 21.8 Å². The Morgan fingerprint density at radius 1 is 0.900 bits per heavy atom. The van der Waals surface area contributed by atoms with E-state index in [1.807, 2.05) is 24.3 Å². The van der Waals surface area contributed by atoms with Crippen molar-refractivity contribution >= 4 is 27.3 Å². The summed E-state index contributed by atoms with van der Waals surface area (Å²) in [5.41, 5.74) is 2.00. The monoisotopic (exact) mass is 351 g/mol. The van der Waals surface area contributed by atoms with Crippen molar-refractivity contribution in [3.05, 3.63) is 64.0 Å². The minimum Gasteiger partial charge on any atom is -0.236 e. The van der Waals surface area contributed by atoms with Crippen LogP contribution in [0.15, 0.2) is 52.3 Å². The van der Waals surface area contributed by atoms with Crippen molar-refractivity contribution in [2.75, 3.05) is 0 Å². The molecule has 0 aliphatic rings. The van der Waals surface area contributed by atoms with E-state index in [0.29, 0.717) is 11.3 Å². The average Bonchev–Trinajstić information content (AvgIpc) is 2.88. The fraction of sp³-hybridized carbons (Fsp3) is 0. The maximum Gasteiger partial charge on any atom is 0.126 e. The topological polar surface area (TPSA) is 12.9 Å². The fourth-order valence-corrected chi connectivity index (χ4v) is 2.93. The Bertz CT molecular complexity index is 733. The first-order valence-corrected chi connectivity index (χ1v) is 7.47. The second-order valence-electron chi connectivity index (χ2n) is 4.20. The van der Waals surface area contributed by atoms with Gasteiger partial charge in [-0.15, -0.1) is 11.3 Å². The van der Waals surface area contributed by atoms with Gasteiger partial charge in [-0.25, -0.2) is 13.8 Å². The van der Waals surface area contributed by atoms with E-state index >= 15 is 0 Å². The van der Waals surface area contributed by atoms with Gasteiger partial charge in [0.05, 0.1) is 5.69 Å². The molecular weight excluding hydrogens is 344 g/mol. The number of hydrogen-bond acceptors (Lipinski definition) is 2. The van der Waals surface area contributed by atoms with Gasteiger partial charge in [-0.3, -0.25) is 0 Å². The van der Waals surface area contributed by atoms with Crippen LogP contribution in [0.4, 0.5) is 8.78 Å². The molecule has 100 valence electrons. The molecular formula is C15H8BrF2NS. The lowest BCUT2D eigenvalue weighted by Gasteiger charge is -1.98. The van der Waals surface area contributed by atoms with Crippen LogP contribution in [0.2, 0.25) is 0 Å². The van der Waals surface area contributed by atoms with E-state index in [1.54, 1.807) is 5.38 Å². The number of nitrogens with zero attached hydrogens (tertiary/aromatic N) is 1. The van der Waals surface area contributed by atoms with E-state index in [9.17, 15) is 8.78 Å². The molecule has 1 nitrogen and oxygen atoms in total. The molecule has 0 amide bonds. The molecule has 0 fully saturated rings. The lowest BCUT2D eigenvalue weighted by Crippen LogP contribution is -1.84. The summed E-state index contributed by atoms with van der Waals surface area (Å²) in [6.07, 6.45) is 0. The van der Waals surface area contributed by atoms with E-state index in [-0.39, 0.29) is 0 Å². The van der Waals surface area contributed by atoms with Gasteiger partial charge < -0.3 is 0 Å². The Kier molecular flexibility index (Phi) is 3.63. The highest BCUT2D eigenvalue weighted by atomic mass is 79.9. The summed E-state index contributed by atoms with van der Waals surface area (Å²) in [7, 11) is 0. The molecule has 0 unspecified atom stereocenters.